The number of halogens is 3. The fourth-order valence-corrected chi connectivity index (χ4v) is 16.6. The third-order valence-electron chi connectivity index (χ3n) is 4.44. The molecule has 0 aromatic carbocycles. The molecule has 2 aromatic heterocycles. The van der Waals surface area contributed by atoms with Crippen molar-refractivity contribution < 1.29 is 12.4 Å². The second kappa shape index (κ2) is 27.9. The number of unbranched alkanes of at least 4 members (excludes halogenated alkanes) is 3. The van der Waals surface area contributed by atoms with Gasteiger partial charge in [-0.05, 0) is 29.5 Å². The molecule has 0 saturated heterocycles. The first kappa shape index (κ1) is 41.4. The molecule has 0 spiro atoms. The molecule has 0 atom stereocenters. The Morgan fingerprint density at radius 1 is 0.879 bits per heavy atom. The van der Waals surface area contributed by atoms with Crippen LogP contribution in [0.3, 0.4) is 0 Å². The molecule has 0 amide bonds. The van der Waals surface area contributed by atoms with Crippen LogP contribution in [0, 0.1) is 17.0 Å². The van der Waals surface area contributed by atoms with Gasteiger partial charge >= 0.3 is 122 Å². The quantitative estimate of drug-likeness (QED) is 0.203. The SMILES string of the molecule is CCC[CH2][Sn]([Cl])([CH2]CCC)[CH2]CCC.C[CH-]C.Cc1cn(C)cn1.Cn1cnc(I)c1.[Cl-].[Mg+2]. The van der Waals surface area contributed by atoms with Gasteiger partial charge in [-0.3, -0.25) is 0 Å². The first-order chi connectivity index (χ1) is 14.7. The van der Waals surface area contributed by atoms with Crippen molar-refractivity contribution in [2.45, 2.75) is 93.4 Å². The predicted molar refractivity (Wildman–Crippen MR) is 156 cm³/mol. The molecule has 0 aliphatic rings. The number of hydrogen-bond donors (Lipinski definition) is 0. The van der Waals surface area contributed by atoms with E-state index in [1.807, 2.05) is 62.8 Å². The first-order valence-corrected chi connectivity index (χ1v) is 22.4. The molecule has 0 saturated carbocycles. The molecule has 0 unspecified atom stereocenters. The van der Waals surface area contributed by atoms with Gasteiger partial charge in [0.15, 0.2) is 0 Å². The zero-order valence-corrected chi connectivity index (χ0v) is 30.3. The summed E-state index contributed by atoms with van der Waals surface area (Å²) < 4.78 is 9.16. The van der Waals surface area contributed by atoms with Gasteiger partial charge in [0.25, 0.3) is 0 Å². The van der Waals surface area contributed by atoms with Gasteiger partial charge in [0.1, 0.15) is 3.70 Å². The van der Waals surface area contributed by atoms with E-state index in [2.05, 4.69) is 53.3 Å². The minimum absolute atomic E-state index is 0. The normalized spacial score (nSPS) is 9.64. The second-order valence-electron chi connectivity index (χ2n) is 8.08. The maximum absolute atomic E-state index is 6.89. The van der Waals surface area contributed by atoms with Crippen LogP contribution in [0.1, 0.15) is 78.8 Å². The van der Waals surface area contributed by atoms with Gasteiger partial charge in [-0.25, -0.2) is 9.97 Å². The molecule has 2 aromatic rings. The number of imidazole rings is 2. The summed E-state index contributed by atoms with van der Waals surface area (Å²) in [5.41, 5.74) is 1.07. The summed E-state index contributed by atoms with van der Waals surface area (Å²) in [5.74, 6) is 0. The van der Waals surface area contributed by atoms with Crippen molar-refractivity contribution in [3.05, 3.63) is 40.9 Å². The summed E-state index contributed by atoms with van der Waals surface area (Å²) in [6, 6.07) is 0. The standard InChI is InChI=1S/C5H8N2.C4H5IN2.3C4H9.C3H7.2ClH.Mg.Sn/c1-5-3-7(2)4-6-5;1-7-2-4(5)6-3-7;3*1-3-4-2;1-3-2;;;;/h3-4H,1-2H3;2-3H,1H3;3*1,3-4H2,2H3;3H,1-2H3;2*1H;;/q;;;;;-1;;;+2;+1/p-2. The van der Waals surface area contributed by atoms with E-state index in [4.69, 9.17) is 8.92 Å². The summed E-state index contributed by atoms with van der Waals surface area (Å²) >= 11 is 0.0774. The Kier molecular flexibility index (Phi) is 35.0. The van der Waals surface area contributed by atoms with Crippen molar-refractivity contribution in [1.29, 1.82) is 0 Å². The van der Waals surface area contributed by atoms with E-state index < -0.39 is 17.3 Å². The van der Waals surface area contributed by atoms with Crippen LogP contribution in [-0.4, -0.2) is 59.4 Å². The molecule has 33 heavy (non-hydrogen) atoms. The maximum atomic E-state index is 6.89. The molecule has 0 aliphatic heterocycles. The van der Waals surface area contributed by atoms with Gasteiger partial charge in [-0.1, -0.05) is 0 Å². The van der Waals surface area contributed by atoms with Gasteiger partial charge in [0, 0.05) is 26.5 Å². The molecular weight excluding hydrogens is 685 g/mol. The van der Waals surface area contributed by atoms with E-state index >= 15 is 0 Å². The molecule has 2 heterocycles. The Balaban J connectivity index is -0.000000187. The Morgan fingerprint density at radius 3 is 1.39 bits per heavy atom. The smallest absolute Gasteiger partial charge is 1.00 e. The summed E-state index contributed by atoms with van der Waals surface area (Å²) in [5, 5.41) is 0. The number of nitrogens with zero attached hydrogens (tertiary/aromatic N) is 4. The van der Waals surface area contributed by atoms with Crippen LogP contribution in [0.5, 0.6) is 0 Å². The fraction of sp³-hybridized carbons (Fsp3) is 0.708. The van der Waals surface area contributed by atoms with Crippen LogP contribution < -0.4 is 12.4 Å². The topological polar surface area (TPSA) is 35.6 Å². The van der Waals surface area contributed by atoms with Crippen molar-refractivity contribution in [2.24, 2.45) is 14.1 Å². The molecular formula is C24H47Cl2IMgN4Sn. The van der Waals surface area contributed by atoms with Crippen LogP contribution in [0.25, 0.3) is 0 Å². The van der Waals surface area contributed by atoms with Crippen molar-refractivity contribution in [3.8, 4) is 0 Å². The van der Waals surface area contributed by atoms with Gasteiger partial charge in [0.05, 0.1) is 18.3 Å². The number of aryl methyl sites for hydroxylation is 3. The zero-order chi connectivity index (χ0) is 24.1. The van der Waals surface area contributed by atoms with E-state index in [-0.39, 0.29) is 35.5 Å². The van der Waals surface area contributed by atoms with Crippen LogP contribution in [0.15, 0.2) is 25.0 Å². The molecule has 0 radical (unpaired) electrons. The average molecular weight is 732 g/mol. The van der Waals surface area contributed by atoms with E-state index in [0.717, 1.165) is 9.39 Å². The van der Waals surface area contributed by atoms with Crippen LogP contribution in [0.4, 0.5) is 0 Å². The van der Waals surface area contributed by atoms with E-state index in [0.29, 0.717) is 0 Å². The Hall–Kier alpha value is 1.29. The molecule has 4 nitrogen and oxygen atoms in total. The summed E-state index contributed by atoms with van der Waals surface area (Å²) in [6.07, 6.45) is 17.6. The van der Waals surface area contributed by atoms with E-state index in [1.165, 1.54) is 51.8 Å². The van der Waals surface area contributed by atoms with Gasteiger partial charge < -0.3 is 28.0 Å². The minimum atomic E-state index is -2.09. The van der Waals surface area contributed by atoms with Gasteiger partial charge in [-0.2, -0.15) is 13.8 Å². The van der Waals surface area contributed by atoms with E-state index in [9.17, 15) is 0 Å². The molecule has 0 fully saturated rings. The Labute approximate surface area is 249 Å². The van der Waals surface area contributed by atoms with Crippen molar-refractivity contribution in [1.82, 2.24) is 19.1 Å². The molecule has 9 heteroatoms. The molecule has 0 bridgehead atoms. The molecule has 190 valence electrons. The Morgan fingerprint density at radius 2 is 1.24 bits per heavy atom. The predicted octanol–water partition coefficient (Wildman–Crippen LogP) is 5.18. The Bertz CT molecular complexity index is 548. The van der Waals surface area contributed by atoms with Crippen LogP contribution in [0.2, 0.25) is 13.3 Å². The maximum Gasteiger partial charge on any atom is 2.00 e. The van der Waals surface area contributed by atoms with Crippen LogP contribution in [-0.2, 0) is 14.1 Å². The third-order valence-corrected chi connectivity index (χ3v) is 19.5. The summed E-state index contributed by atoms with van der Waals surface area (Å²) in [4.78, 5) is 7.94. The number of aromatic nitrogens is 4. The van der Waals surface area contributed by atoms with Crippen molar-refractivity contribution >= 4 is 71.8 Å². The van der Waals surface area contributed by atoms with E-state index in [1.54, 1.807) is 12.7 Å². The zero-order valence-electron chi connectivity index (χ0n) is 22.4. The molecule has 0 N–H and O–H groups in total. The first-order valence-electron chi connectivity index (χ1n) is 11.7. The van der Waals surface area contributed by atoms with Gasteiger partial charge in [-0.15, -0.1) is 0 Å². The third kappa shape index (κ3) is 27.7. The monoisotopic (exact) mass is 732 g/mol. The largest absolute Gasteiger partial charge is 2.00 e. The number of hydrogen-bond acceptors (Lipinski definition) is 2. The summed E-state index contributed by atoms with van der Waals surface area (Å²) in [6.45, 7) is 12.8. The van der Waals surface area contributed by atoms with Crippen molar-refractivity contribution in [3.63, 3.8) is 0 Å². The summed E-state index contributed by atoms with van der Waals surface area (Å²) in [7, 11) is 10.8. The number of rotatable bonds is 9. The van der Waals surface area contributed by atoms with Crippen molar-refractivity contribution in [2.75, 3.05) is 0 Å². The van der Waals surface area contributed by atoms with Crippen LogP contribution >= 0.6 is 31.5 Å². The average Bonchev–Trinajstić information content (AvgIpc) is 3.30. The van der Waals surface area contributed by atoms with Gasteiger partial charge in [0.2, 0.25) is 0 Å². The minimum Gasteiger partial charge on any atom is -1.00 e. The fourth-order valence-electron chi connectivity index (χ4n) is 2.78. The molecule has 2 rings (SSSR count). The second-order valence-corrected chi connectivity index (χ2v) is 25.4. The molecule has 0 aliphatic carbocycles.